The average molecular weight is 388 g/mol. The molecule has 0 atom stereocenters. The molecule has 1 saturated heterocycles. The van der Waals surface area contributed by atoms with Crippen molar-refractivity contribution in [3.05, 3.63) is 41.2 Å². The molecule has 0 aromatic carbocycles. The van der Waals surface area contributed by atoms with Gasteiger partial charge in [0.05, 0.1) is 12.1 Å². The summed E-state index contributed by atoms with van der Waals surface area (Å²) < 4.78 is 0. The van der Waals surface area contributed by atoms with E-state index in [-0.39, 0.29) is 24.2 Å². The van der Waals surface area contributed by atoms with Crippen molar-refractivity contribution in [2.75, 3.05) is 31.5 Å². The number of aromatic nitrogens is 2. The number of carbonyl (C=O) groups is 2. The second-order valence-electron chi connectivity index (χ2n) is 6.98. The van der Waals surface area contributed by atoms with Crippen LogP contribution in [0.25, 0.3) is 0 Å². The van der Waals surface area contributed by atoms with Crippen LogP contribution >= 0.6 is 11.3 Å². The summed E-state index contributed by atoms with van der Waals surface area (Å²) in [5, 5.41) is 5.17. The number of thiazole rings is 1. The fourth-order valence-corrected chi connectivity index (χ4v) is 3.58. The predicted octanol–water partition coefficient (Wildman–Crippen LogP) is 2.02. The highest BCUT2D eigenvalue weighted by molar-refractivity contribution is 7.13. The number of nitrogens with one attached hydrogen (secondary N) is 1. The Labute approximate surface area is 163 Å². The number of piperazine rings is 1. The molecule has 0 aliphatic carbocycles. The molecule has 144 valence electrons. The molecule has 8 heteroatoms. The minimum atomic E-state index is -0.0954. The summed E-state index contributed by atoms with van der Waals surface area (Å²) in [7, 11) is 0. The van der Waals surface area contributed by atoms with E-state index in [2.05, 4.69) is 26.3 Å². The topological polar surface area (TPSA) is 78.4 Å². The molecule has 2 aromatic heterocycles. The van der Waals surface area contributed by atoms with E-state index >= 15 is 0 Å². The fraction of sp³-hybridized carbons (Fsp3) is 0.474. The Morgan fingerprint density at radius 2 is 2.04 bits per heavy atom. The van der Waals surface area contributed by atoms with E-state index in [1.54, 1.807) is 6.20 Å². The third-order valence-electron chi connectivity index (χ3n) is 4.49. The van der Waals surface area contributed by atoms with Crippen LogP contribution in [0.2, 0.25) is 0 Å². The minimum Gasteiger partial charge on any atom is -0.340 e. The van der Waals surface area contributed by atoms with Crippen molar-refractivity contribution >= 4 is 28.3 Å². The summed E-state index contributed by atoms with van der Waals surface area (Å²) in [6.45, 7) is 7.69. The second kappa shape index (κ2) is 9.05. The summed E-state index contributed by atoms with van der Waals surface area (Å²) in [5.41, 5.74) is 1.90. The van der Waals surface area contributed by atoms with E-state index < -0.39 is 0 Å². The van der Waals surface area contributed by atoms with Gasteiger partial charge < -0.3 is 10.2 Å². The Hall–Kier alpha value is -2.32. The third-order valence-corrected chi connectivity index (χ3v) is 5.30. The zero-order chi connectivity index (χ0) is 19.2. The number of anilines is 1. The molecule has 0 bridgehead atoms. The molecule has 1 fully saturated rings. The summed E-state index contributed by atoms with van der Waals surface area (Å²) >= 11 is 1.36. The van der Waals surface area contributed by atoms with E-state index in [0.717, 1.165) is 32.7 Å². The molecule has 0 spiro atoms. The Morgan fingerprint density at radius 1 is 1.26 bits per heavy atom. The Balaban J connectivity index is 1.46. The summed E-state index contributed by atoms with van der Waals surface area (Å²) in [6, 6.07) is 4.02. The van der Waals surface area contributed by atoms with Crippen LogP contribution in [0.15, 0.2) is 29.9 Å². The van der Waals surface area contributed by atoms with Gasteiger partial charge in [-0.15, -0.1) is 11.3 Å². The summed E-state index contributed by atoms with van der Waals surface area (Å²) in [5.74, 6) is -0.0722. The Bertz CT molecular complexity index is 769. The van der Waals surface area contributed by atoms with Gasteiger partial charge in [0, 0.05) is 56.4 Å². The first-order chi connectivity index (χ1) is 13.0. The highest BCUT2D eigenvalue weighted by Crippen LogP contribution is 2.18. The van der Waals surface area contributed by atoms with Crippen LogP contribution < -0.4 is 5.32 Å². The molecule has 2 amide bonds. The number of rotatable bonds is 6. The maximum Gasteiger partial charge on any atom is 0.228 e. The molecule has 1 aliphatic rings. The molecule has 7 nitrogen and oxygen atoms in total. The van der Waals surface area contributed by atoms with Gasteiger partial charge in [0.1, 0.15) is 0 Å². The van der Waals surface area contributed by atoms with Gasteiger partial charge in [-0.1, -0.05) is 19.9 Å². The fourth-order valence-electron chi connectivity index (χ4n) is 2.87. The van der Waals surface area contributed by atoms with Crippen molar-refractivity contribution in [1.82, 2.24) is 19.8 Å². The zero-order valence-corrected chi connectivity index (χ0v) is 16.5. The number of hydrogen-bond donors (Lipinski definition) is 1. The Morgan fingerprint density at radius 3 is 2.70 bits per heavy atom. The van der Waals surface area contributed by atoms with Crippen LogP contribution in [-0.4, -0.2) is 57.8 Å². The van der Waals surface area contributed by atoms with Crippen molar-refractivity contribution in [3.63, 3.8) is 0 Å². The number of pyridine rings is 1. The SMILES string of the molecule is CC(C)C(=O)Nc1nc(CC(=O)N2CCN(Cc3cccnc3)CC2)cs1. The van der Waals surface area contributed by atoms with E-state index in [4.69, 9.17) is 0 Å². The average Bonchev–Trinajstić information content (AvgIpc) is 3.09. The molecule has 1 N–H and O–H groups in total. The largest absolute Gasteiger partial charge is 0.340 e. The quantitative estimate of drug-likeness (QED) is 0.820. The van der Waals surface area contributed by atoms with Crippen molar-refractivity contribution in [1.29, 1.82) is 0 Å². The van der Waals surface area contributed by atoms with Crippen LogP contribution in [0.3, 0.4) is 0 Å². The first-order valence-corrected chi connectivity index (χ1v) is 10.0. The van der Waals surface area contributed by atoms with Gasteiger partial charge in [0.25, 0.3) is 0 Å². The first-order valence-electron chi connectivity index (χ1n) is 9.15. The molecular weight excluding hydrogens is 362 g/mol. The number of carbonyl (C=O) groups excluding carboxylic acids is 2. The molecule has 0 saturated carbocycles. The standard InChI is InChI=1S/C19H25N5O2S/c1-14(2)18(26)22-19-21-16(13-27-19)10-17(25)24-8-6-23(7-9-24)12-15-4-3-5-20-11-15/h3-5,11,13-14H,6-10,12H2,1-2H3,(H,21,22,26). The van der Waals surface area contributed by atoms with Crippen LogP contribution in [0, 0.1) is 5.92 Å². The van der Waals surface area contributed by atoms with Crippen LogP contribution in [0.4, 0.5) is 5.13 Å². The van der Waals surface area contributed by atoms with E-state index in [0.29, 0.717) is 10.8 Å². The third kappa shape index (κ3) is 5.58. The number of amides is 2. The lowest BCUT2D eigenvalue weighted by Crippen LogP contribution is -2.48. The van der Waals surface area contributed by atoms with Crippen LogP contribution in [0.1, 0.15) is 25.1 Å². The van der Waals surface area contributed by atoms with Crippen LogP contribution in [-0.2, 0) is 22.6 Å². The molecule has 0 radical (unpaired) electrons. The molecule has 0 unspecified atom stereocenters. The van der Waals surface area contributed by atoms with Crippen molar-refractivity contribution in [3.8, 4) is 0 Å². The van der Waals surface area contributed by atoms with Crippen molar-refractivity contribution in [2.45, 2.75) is 26.8 Å². The lowest BCUT2D eigenvalue weighted by Gasteiger charge is -2.34. The minimum absolute atomic E-state index is 0.0630. The predicted molar refractivity (Wildman–Crippen MR) is 105 cm³/mol. The first kappa shape index (κ1) is 19.4. The van der Waals surface area contributed by atoms with Gasteiger partial charge >= 0.3 is 0 Å². The number of hydrogen-bond acceptors (Lipinski definition) is 6. The highest BCUT2D eigenvalue weighted by Gasteiger charge is 2.22. The van der Waals surface area contributed by atoms with Gasteiger partial charge in [0.2, 0.25) is 11.8 Å². The molecular formula is C19H25N5O2S. The van der Waals surface area contributed by atoms with Crippen molar-refractivity contribution < 1.29 is 9.59 Å². The van der Waals surface area contributed by atoms with Gasteiger partial charge in [0.15, 0.2) is 5.13 Å². The Kier molecular flexibility index (Phi) is 6.52. The van der Waals surface area contributed by atoms with Crippen LogP contribution in [0.5, 0.6) is 0 Å². The smallest absolute Gasteiger partial charge is 0.228 e. The van der Waals surface area contributed by atoms with Gasteiger partial charge in [-0.05, 0) is 11.6 Å². The molecule has 2 aromatic rings. The maximum atomic E-state index is 12.5. The van der Waals surface area contributed by atoms with E-state index in [1.165, 1.54) is 16.9 Å². The molecule has 3 rings (SSSR count). The maximum absolute atomic E-state index is 12.5. The lowest BCUT2D eigenvalue weighted by atomic mass is 10.2. The normalized spacial score (nSPS) is 15.1. The second-order valence-corrected chi connectivity index (χ2v) is 7.84. The lowest BCUT2D eigenvalue weighted by molar-refractivity contribution is -0.132. The van der Waals surface area contributed by atoms with Gasteiger partial charge in [-0.3, -0.25) is 19.5 Å². The molecule has 27 heavy (non-hydrogen) atoms. The summed E-state index contributed by atoms with van der Waals surface area (Å²) in [4.78, 5) is 37.0. The molecule has 1 aliphatic heterocycles. The van der Waals surface area contributed by atoms with E-state index in [9.17, 15) is 9.59 Å². The highest BCUT2D eigenvalue weighted by atomic mass is 32.1. The summed E-state index contributed by atoms with van der Waals surface area (Å²) in [6.07, 6.45) is 3.93. The van der Waals surface area contributed by atoms with Crippen molar-refractivity contribution in [2.24, 2.45) is 5.92 Å². The van der Waals surface area contributed by atoms with Gasteiger partial charge in [-0.2, -0.15) is 0 Å². The van der Waals surface area contributed by atoms with Gasteiger partial charge in [-0.25, -0.2) is 4.98 Å². The van der Waals surface area contributed by atoms with E-state index in [1.807, 2.05) is 36.4 Å². The monoisotopic (exact) mass is 387 g/mol. The molecule has 3 heterocycles. The zero-order valence-electron chi connectivity index (χ0n) is 15.7. The number of nitrogens with zero attached hydrogens (tertiary/aromatic N) is 4.